The average Bonchev–Trinajstić information content (AvgIpc) is 3.37. The molecular weight excluding hydrogens is 749 g/mol. The SMILES string of the molecule is COc1cccc([C@@H]2C(C(=O)Nc3ccccc3)=C(C)N=c3s/c(=C\c4cc(I)c(OCc5ccccc5Cl)c(OC)c4)c(=O)n32)c1. The highest BCUT2D eigenvalue weighted by Crippen LogP contribution is 2.36. The third-order valence-electron chi connectivity index (χ3n) is 7.59. The molecule has 8 nitrogen and oxygen atoms in total. The maximum Gasteiger partial charge on any atom is 0.271 e. The van der Waals surface area contributed by atoms with E-state index in [0.29, 0.717) is 48.6 Å². The van der Waals surface area contributed by atoms with E-state index in [0.717, 1.165) is 20.3 Å². The van der Waals surface area contributed by atoms with Gasteiger partial charge in [-0.15, -0.1) is 0 Å². The van der Waals surface area contributed by atoms with Gasteiger partial charge in [0.2, 0.25) is 0 Å². The van der Waals surface area contributed by atoms with Crippen molar-refractivity contribution in [3.8, 4) is 17.2 Å². The molecule has 0 saturated carbocycles. The molecule has 5 aromatic rings. The zero-order valence-corrected chi connectivity index (χ0v) is 29.4. The first-order valence-electron chi connectivity index (χ1n) is 14.5. The lowest BCUT2D eigenvalue weighted by Crippen LogP contribution is -2.40. The third-order valence-corrected chi connectivity index (χ3v) is 9.74. The number of nitrogens with zero attached hydrogens (tertiary/aromatic N) is 2. The van der Waals surface area contributed by atoms with Gasteiger partial charge in [-0.05, 0) is 89.2 Å². The van der Waals surface area contributed by atoms with Crippen molar-refractivity contribution in [2.45, 2.75) is 19.6 Å². The van der Waals surface area contributed by atoms with Crippen molar-refractivity contribution in [3.05, 3.63) is 147 Å². The first kappa shape index (κ1) is 32.5. The van der Waals surface area contributed by atoms with E-state index in [-0.39, 0.29) is 18.1 Å². The van der Waals surface area contributed by atoms with Crippen LogP contribution < -0.4 is 34.4 Å². The minimum Gasteiger partial charge on any atom is -0.497 e. The molecule has 1 aliphatic heterocycles. The van der Waals surface area contributed by atoms with Crippen molar-refractivity contribution in [2.24, 2.45) is 4.99 Å². The molecule has 1 aromatic heterocycles. The van der Waals surface area contributed by atoms with Crippen LogP contribution in [0, 0.1) is 3.57 Å². The number of carbonyl (C=O) groups is 1. The normalized spacial score (nSPS) is 14.3. The highest BCUT2D eigenvalue weighted by molar-refractivity contribution is 14.1. The molecule has 0 aliphatic carbocycles. The molecule has 2 heterocycles. The summed E-state index contributed by atoms with van der Waals surface area (Å²) in [6.45, 7) is 2.06. The minimum atomic E-state index is -0.734. The number of aromatic nitrogens is 1. The Kier molecular flexibility index (Phi) is 9.81. The fourth-order valence-electron chi connectivity index (χ4n) is 5.34. The Morgan fingerprint density at radius 1 is 1.02 bits per heavy atom. The number of amides is 1. The number of methoxy groups -OCH3 is 2. The van der Waals surface area contributed by atoms with Crippen molar-refractivity contribution < 1.29 is 19.0 Å². The lowest BCUT2D eigenvalue weighted by atomic mass is 9.95. The van der Waals surface area contributed by atoms with Crippen molar-refractivity contribution in [3.63, 3.8) is 0 Å². The Labute approximate surface area is 293 Å². The Balaban J connectivity index is 1.42. The highest BCUT2D eigenvalue weighted by atomic mass is 127. The zero-order valence-electron chi connectivity index (χ0n) is 25.6. The second-order valence-electron chi connectivity index (χ2n) is 10.6. The van der Waals surface area contributed by atoms with Crippen LogP contribution in [-0.2, 0) is 11.4 Å². The molecule has 1 N–H and O–H groups in total. The van der Waals surface area contributed by atoms with Gasteiger partial charge >= 0.3 is 0 Å². The van der Waals surface area contributed by atoms with E-state index in [9.17, 15) is 9.59 Å². The second-order valence-corrected chi connectivity index (χ2v) is 13.2. The van der Waals surface area contributed by atoms with Gasteiger partial charge in [-0.3, -0.25) is 14.2 Å². The van der Waals surface area contributed by atoms with Crippen molar-refractivity contribution in [2.75, 3.05) is 19.5 Å². The molecule has 47 heavy (non-hydrogen) atoms. The van der Waals surface area contributed by atoms with E-state index < -0.39 is 6.04 Å². The smallest absolute Gasteiger partial charge is 0.271 e. The Bertz CT molecular complexity index is 2200. The Hall–Kier alpha value is -4.39. The summed E-state index contributed by atoms with van der Waals surface area (Å²) in [6.07, 6.45) is 1.80. The van der Waals surface area contributed by atoms with Gasteiger partial charge in [0.25, 0.3) is 11.5 Å². The summed E-state index contributed by atoms with van der Waals surface area (Å²) in [6, 6.07) is 27.1. The van der Waals surface area contributed by atoms with Crippen LogP contribution in [0.25, 0.3) is 6.08 Å². The fraction of sp³-hybridized carbons (Fsp3) is 0.139. The number of ether oxygens (including phenoxy) is 3. The number of rotatable bonds is 9. The number of fused-ring (bicyclic) bond motifs is 1. The molecule has 0 bridgehead atoms. The number of hydrogen-bond acceptors (Lipinski definition) is 7. The molecule has 238 valence electrons. The van der Waals surface area contributed by atoms with Crippen LogP contribution in [0.2, 0.25) is 5.02 Å². The van der Waals surface area contributed by atoms with E-state index >= 15 is 0 Å². The van der Waals surface area contributed by atoms with E-state index in [1.807, 2.05) is 91.0 Å². The fourth-order valence-corrected chi connectivity index (χ4v) is 7.36. The first-order valence-corrected chi connectivity index (χ1v) is 16.8. The maximum absolute atomic E-state index is 14.2. The lowest BCUT2D eigenvalue weighted by molar-refractivity contribution is -0.113. The van der Waals surface area contributed by atoms with Gasteiger partial charge in [0.05, 0.1) is 39.6 Å². The van der Waals surface area contributed by atoms with Crippen LogP contribution in [0.3, 0.4) is 0 Å². The van der Waals surface area contributed by atoms with Crippen LogP contribution >= 0.6 is 45.5 Å². The average molecular weight is 778 g/mol. The molecule has 0 unspecified atom stereocenters. The van der Waals surface area contributed by atoms with Crippen molar-refractivity contribution in [1.29, 1.82) is 0 Å². The molecule has 1 aliphatic rings. The van der Waals surface area contributed by atoms with Gasteiger partial charge in [-0.25, -0.2) is 4.99 Å². The lowest BCUT2D eigenvalue weighted by Gasteiger charge is -2.25. The summed E-state index contributed by atoms with van der Waals surface area (Å²) >= 11 is 9.78. The van der Waals surface area contributed by atoms with E-state index in [1.165, 1.54) is 11.3 Å². The molecule has 0 radical (unpaired) electrons. The molecule has 11 heteroatoms. The van der Waals surface area contributed by atoms with Crippen LogP contribution in [-0.4, -0.2) is 24.7 Å². The number of anilines is 1. The summed E-state index contributed by atoms with van der Waals surface area (Å²) in [5, 5.41) is 3.60. The Morgan fingerprint density at radius 2 is 1.79 bits per heavy atom. The molecule has 0 saturated heterocycles. The van der Waals surface area contributed by atoms with Gasteiger partial charge in [-0.1, -0.05) is 71.5 Å². The standard InChI is InChI=1S/C36H29ClIN3O5S/c1-21-31(34(42)40-25-12-5-4-6-13-25)32(23-11-9-14-26(19-23)44-2)41-35(43)30(47-36(41)39-21)18-22-16-28(38)33(29(17-22)45-3)46-20-24-10-7-8-15-27(24)37/h4-19,32H,20H2,1-3H3,(H,40,42)/b30-18-/t32-/m1/s1. The van der Waals surface area contributed by atoms with E-state index in [2.05, 4.69) is 27.9 Å². The summed E-state index contributed by atoms with van der Waals surface area (Å²) in [5.41, 5.74) is 3.59. The highest BCUT2D eigenvalue weighted by Gasteiger charge is 2.33. The molecular formula is C36H29ClIN3O5S. The number of thiazole rings is 1. The minimum absolute atomic E-state index is 0.271. The van der Waals surface area contributed by atoms with Gasteiger partial charge in [-0.2, -0.15) is 0 Å². The number of halogens is 2. The third kappa shape index (κ3) is 6.85. The first-order chi connectivity index (χ1) is 22.8. The van der Waals surface area contributed by atoms with Gasteiger partial charge in [0.1, 0.15) is 12.4 Å². The summed E-state index contributed by atoms with van der Waals surface area (Å²) in [4.78, 5) is 33.3. The number of hydrogen-bond donors (Lipinski definition) is 1. The largest absolute Gasteiger partial charge is 0.497 e. The molecule has 0 spiro atoms. The molecule has 0 fully saturated rings. The number of allylic oxidation sites excluding steroid dienone is 1. The number of benzene rings is 4. The van der Waals surface area contributed by atoms with Crippen LogP contribution in [0.4, 0.5) is 5.69 Å². The summed E-state index contributed by atoms with van der Waals surface area (Å²) in [7, 11) is 3.15. The van der Waals surface area contributed by atoms with Crippen molar-refractivity contribution >= 4 is 63.2 Å². The number of nitrogens with one attached hydrogen (secondary N) is 1. The number of para-hydroxylation sites is 1. The molecule has 6 rings (SSSR count). The predicted molar refractivity (Wildman–Crippen MR) is 193 cm³/mol. The van der Waals surface area contributed by atoms with Gasteiger partial charge < -0.3 is 19.5 Å². The molecule has 1 amide bonds. The zero-order chi connectivity index (χ0) is 33.1. The van der Waals surface area contributed by atoms with Crippen LogP contribution in [0.1, 0.15) is 29.7 Å². The monoisotopic (exact) mass is 777 g/mol. The molecule has 4 aromatic carbocycles. The maximum atomic E-state index is 14.2. The van der Waals surface area contributed by atoms with Gasteiger partial charge in [0.15, 0.2) is 16.3 Å². The van der Waals surface area contributed by atoms with Crippen LogP contribution in [0.15, 0.2) is 112 Å². The quantitative estimate of drug-likeness (QED) is 0.168. The topological polar surface area (TPSA) is 91.2 Å². The predicted octanol–water partition coefficient (Wildman–Crippen LogP) is 6.73. The summed E-state index contributed by atoms with van der Waals surface area (Å²) in [5.74, 6) is 1.37. The Morgan fingerprint density at radius 3 is 2.53 bits per heavy atom. The summed E-state index contributed by atoms with van der Waals surface area (Å²) < 4.78 is 20.2. The van der Waals surface area contributed by atoms with Gasteiger partial charge in [0, 0.05) is 16.3 Å². The van der Waals surface area contributed by atoms with Crippen LogP contribution in [0.5, 0.6) is 17.2 Å². The number of carbonyl (C=O) groups excluding carboxylic acids is 1. The van der Waals surface area contributed by atoms with E-state index in [1.54, 1.807) is 31.8 Å². The molecule has 1 atom stereocenters. The second kappa shape index (κ2) is 14.2. The van der Waals surface area contributed by atoms with E-state index in [4.69, 9.17) is 30.8 Å². The van der Waals surface area contributed by atoms with Crippen molar-refractivity contribution in [1.82, 2.24) is 4.57 Å².